The van der Waals surface area contributed by atoms with E-state index in [-0.39, 0.29) is 17.9 Å². The Morgan fingerprint density at radius 2 is 1.78 bits per heavy atom. The molecular weight excluding hydrogens is 344 g/mol. The summed E-state index contributed by atoms with van der Waals surface area (Å²) in [6, 6.07) is 0.0388. The molecule has 2 aliphatic heterocycles. The Bertz CT molecular complexity index is 528. The highest BCUT2D eigenvalue weighted by atomic mass is 16.2. The first kappa shape index (κ1) is 21.5. The van der Waals surface area contributed by atoms with E-state index in [1.165, 1.54) is 0 Å². The van der Waals surface area contributed by atoms with Gasteiger partial charge in [-0.2, -0.15) is 0 Å². The predicted molar refractivity (Wildman–Crippen MR) is 108 cm³/mol. The normalized spacial score (nSPS) is 21.5. The van der Waals surface area contributed by atoms with Crippen LogP contribution in [0.5, 0.6) is 0 Å². The number of nitrogens with zero attached hydrogens (tertiary/aromatic N) is 5. The molecule has 0 spiro atoms. The van der Waals surface area contributed by atoms with Crippen LogP contribution in [0.4, 0.5) is 0 Å². The number of piperazine rings is 1. The number of hydrogen-bond acceptors (Lipinski definition) is 4. The van der Waals surface area contributed by atoms with E-state index in [1.54, 1.807) is 11.8 Å². The third-order valence-corrected chi connectivity index (χ3v) is 5.31. The molecule has 1 unspecified atom stereocenters. The summed E-state index contributed by atoms with van der Waals surface area (Å²) < 4.78 is 0. The number of carbonyl (C=O) groups excluding carboxylic acids is 2. The van der Waals surface area contributed by atoms with Crippen LogP contribution in [0.2, 0.25) is 0 Å². The van der Waals surface area contributed by atoms with Crippen molar-refractivity contribution in [3.63, 3.8) is 0 Å². The summed E-state index contributed by atoms with van der Waals surface area (Å²) in [5.74, 6) is 1.29. The Kier molecular flexibility index (Phi) is 8.34. The summed E-state index contributed by atoms with van der Waals surface area (Å²) in [6.45, 7) is 10.3. The minimum absolute atomic E-state index is 0.0388. The van der Waals surface area contributed by atoms with Gasteiger partial charge in [0.05, 0.1) is 6.04 Å². The van der Waals surface area contributed by atoms with Gasteiger partial charge in [-0.05, 0) is 32.7 Å². The molecule has 8 heteroatoms. The van der Waals surface area contributed by atoms with Gasteiger partial charge in [-0.3, -0.25) is 19.5 Å². The van der Waals surface area contributed by atoms with E-state index >= 15 is 0 Å². The van der Waals surface area contributed by atoms with E-state index in [0.29, 0.717) is 0 Å². The first-order chi connectivity index (χ1) is 12.9. The summed E-state index contributed by atoms with van der Waals surface area (Å²) in [4.78, 5) is 36.7. The van der Waals surface area contributed by atoms with Gasteiger partial charge in [-0.25, -0.2) is 0 Å². The number of likely N-dealkylation sites (tertiary alicyclic amines) is 1. The van der Waals surface area contributed by atoms with Crippen molar-refractivity contribution in [1.29, 1.82) is 0 Å². The number of guanidine groups is 1. The third kappa shape index (κ3) is 6.09. The smallest absolute Gasteiger partial charge is 0.239 e. The van der Waals surface area contributed by atoms with Crippen LogP contribution in [0.1, 0.15) is 33.1 Å². The van der Waals surface area contributed by atoms with Crippen LogP contribution in [0.3, 0.4) is 0 Å². The van der Waals surface area contributed by atoms with Crippen LogP contribution in [0.25, 0.3) is 0 Å². The first-order valence-corrected chi connectivity index (χ1v) is 10.2. The summed E-state index contributed by atoms with van der Waals surface area (Å²) in [6.07, 6.45) is 3.00. The average Bonchev–Trinajstić information content (AvgIpc) is 3.12. The van der Waals surface area contributed by atoms with Crippen molar-refractivity contribution in [2.24, 2.45) is 4.99 Å². The summed E-state index contributed by atoms with van der Waals surface area (Å²) >= 11 is 0. The number of carbonyl (C=O) groups is 2. The highest BCUT2D eigenvalue weighted by molar-refractivity contribution is 5.82. The standard InChI is InChI=1S/C19H36N6O2/c1-5-20-19(25-14-12-23(13-15-25)16(2)26)21-9-7-11-24-10-6-8-17(24)18(27)22(3)4/h17H,5-15H2,1-4H3,(H,20,21). The zero-order valence-electron chi connectivity index (χ0n) is 17.4. The van der Waals surface area contributed by atoms with Gasteiger partial charge in [-0.15, -0.1) is 0 Å². The minimum Gasteiger partial charge on any atom is -0.357 e. The van der Waals surface area contributed by atoms with Crippen LogP contribution in [0, 0.1) is 0 Å². The lowest BCUT2D eigenvalue weighted by Gasteiger charge is -2.36. The minimum atomic E-state index is 0.0388. The summed E-state index contributed by atoms with van der Waals surface area (Å²) in [5.41, 5.74) is 0. The van der Waals surface area contributed by atoms with Gasteiger partial charge in [0.15, 0.2) is 5.96 Å². The van der Waals surface area contributed by atoms with Crippen molar-refractivity contribution >= 4 is 17.8 Å². The molecule has 27 heavy (non-hydrogen) atoms. The summed E-state index contributed by atoms with van der Waals surface area (Å²) in [5, 5.41) is 3.36. The van der Waals surface area contributed by atoms with Crippen LogP contribution in [-0.2, 0) is 9.59 Å². The third-order valence-electron chi connectivity index (χ3n) is 5.31. The van der Waals surface area contributed by atoms with Crippen molar-refractivity contribution < 1.29 is 9.59 Å². The molecule has 2 saturated heterocycles. The molecule has 0 saturated carbocycles. The van der Waals surface area contributed by atoms with Gasteiger partial charge < -0.3 is 20.0 Å². The van der Waals surface area contributed by atoms with E-state index in [9.17, 15) is 9.59 Å². The Hall–Kier alpha value is -1.83. The van der Waals surface area contributed by atoms with Gasteiger partial charge in [0.2, 0.25) is 11.8 Å². The molecule has 1 N–H and O–H groups in total. The van der Waals surface area contributed by atoms with E-state index in [1.807, 2.05) is 19.0 Å². The second-order valence-corrected chi connectivity index (χ2v) is 7.51. The maximum atomic E-state index is 12.3. The Morgan fingerprint density at radius 3 is 2.37 bits per heavy atom. The SMILES string of the molecule is CCNC(=NCCCN1CCCC1C(=O)N(C)C)N1CCN(C(C)=O)CC1. The van der Waals surface area contributed by atoms with E-state index < -0.39 is 0 Å². The molecule has 0 aromatic rings. The topological polar surface area (TPSA) is 71.5 Å². The lowest BCUT2D eigenvalue weighted by molar-refractivity contribution is -0.133. The van der Waals surface area contributed by atoms with Crippen molar-refractivity contribution in [2.75, 3.05) is 66.5 Å². The van der Waals surface area contributed by atoms with Gasteiger partial charge in [-0.1, -0.05) is 0 Å². The molecule has 2 amide bonds. The largest absolute Gasteiger partial charge is 0.357 e. The van der Waals surface area contributed by atoms with E-state index in [4.69, 9.17) is 4.99 Å². The molecule has 2 aliphatic rings. The molecule has 154 valence electrons. The fraction of sp³-hybridized carbons (Fsp3) is 0.842. The van der Waals surface area contributed by atoms with Gasteiger partial charge in [0, 0.05) is 66.8 Å². The Balaban J connectivity index is 1.81. The second kappa shape index (κ2) is 10.5. The van der Waals surface area contributed by atoms with Crippen LogP contribution < -0.4 is 5.32 Å². The zero-order valence-corrected chi connectivity index (χ0v) is 17.4. The number of aliphatic imine (C=N–C) groups is 1. The highest BCUT2D eigenvalue weighted by Crippen LogP contribution is 2.18. The first-order valence-electron chi connectivity index (χ1n) is 10.2. The van der Waals surface area contributed by atoms with Crippen molar-refractivity contribution in [2.45, 2.75) is 39.2 Å². The van der Waals surface area contributed by atoms with Crippen molar-refractivity contribution in [3.05, 3.63) is 0 Å². The van der Waals surface area contributed by atoms with Gasteiger partial charge in [0.1, 0.15) is 0 Å². The van der Waals surface area contributed by atoms with Gasteiger partial charge in [0.25, 0.3) is 0 Å². The molecule has 0 aliphatic carbocycles. The van der Waals surface area contributed by atoms with Crippen LogP contribution in [-0.4, -0.2) is 110 Å². The van der Waals surface area contributed by atoms with Gasteiger partial charge >= 0.3 is 0 Å². The fourth-order valence-electron chi connectivity index (χ4n) is 3.79. The lowest BCUT2D eigenvalue weighted by Crippen LogP contribution is -2.53. The molecule has 1 atom stereocenters. The van der Waals surface area contributed by atoms with E-state index in [0.717, 1.165) is 77.6 Å². The Morgan fingerprint density at radius 1 is 1.11 bits per heavy atom. The number of likely N-dealkylation sites (N-methyl/N-ethyl adjacent to an activating group) is 1. The average molecular weight is 381 g/mol. The van der Waals surface area contributed by atoms with E-state index in [2.05, 4.69) is 22.0 Å². The van der Waals surface area contributed by atoms with Crippen molar-refractivity contribution in [1.82, 2.24) is 24.9 Å². The quantitative estimate of drug-likeness (QED) is 0.401. The molecule has 0 bridgehead atoms. The lowest BCUT2D eigenvalue weighted by atomic mass is 10.2. The number of nitrogens with one attached hydrogen (secondary N) is 1. The molecule has 8 nitrogen and oxygen atoms in total. The highest BCUT2D eigenvalue weighted by Gasteiger charge is 2.31. The maximum absolute atomic E-state index is 12.3. The number of hydrogen-bond donors (Lipinski definition) is 1. The fourth-order valence-corrected chi connectivity index (χ4v) is 3.79. The monoisotopic (exact) mass is 380 g/mol. The molecule has 2 fully saturated rings. The maximum Gasteiger partial charge on any atom is 0.239 e. The predicted octanol–water partition coefficient (Wildman–Crippen LogP) is 0.0587. The Labute approximate surface area is 163 Å². The van der Waals surface area contributed by atoms with Crippen LogP contribution in [0.15, 0.2) is 4.99 Å². The number of amides is 2. The molecule has 0 aromatic heterocycles. The second-order valence-electron chi connectivity index (χ2n) is 7.51. The molecular formula is C19H36N6O2. The molecule has 0 radical (unpaired) electrons. The molecule has 0 aromatic carbocycles. The molecule has 2 rings (SSSR count). The van der Waals surface area contributed by atoms with Crippen LogP contribution >= 0.6 is 0 Å². The van der Waals surface area contributed by atoms with Crippen molar-refractivity contribution in [3.8, 4) is 0 Å². The number of rotatable bonds is 6. The molecule has 2 heterocycles. The summed E-state index contributed by atoms with van der Waals surface area (Å²) in [7, 11) is 3.66. The zero-order chi connectivity index (χ0) is 19.8.